The van der Waals surface area contributed by atoms with Gasteiger partial charge in [0.1, 0.15) is 0 Å². The molecule has 4 aromatic rings. The number of alkyl halides is 6. The van der Waals surface area contributed by atoms with E-state index in [9.17, 15) is 26.3 Å². The minimum absolute atomic E-state index is 0.00384. The average molecular weight is 935 g/mol. The molecule has 296 valence electrons. The molecule has 0 unspecified atom stereocenters. The first-order chi connectivity index (χ1) is 25.6. The predicted octanol–water partition coefficient (Wildman–Crippen LogP) is 14.8. The summed E-state index contributed by atoms with van der Waals surface area (Å²) in [5.74, 6) is 0. The standard InChI is InChI=1S/C29H41.C15H8F6.C5H5.Hf/c1-26(2,3)22-14-18-13-19-15-23(27(4,5)6)25(29(10,11)12)17-21(19)20(18)16-24(22)28(7,8)9;16-14(17,18)12-5-1-10(2-6-12)9-11-3-7-13(8-4-11)15(19,20)21;1-2-4-5-3-1;/h13-17H,1-12H3;1-8H;1-5H;. The van der Waals surface area contributed by atoms with Gasteiger partial charge < -0.3 is 0 Å². The van der Waals surface area contributed by atoms with Crippen LogP contribution in [0.15, 0.2) is 97.1 Å². The average Bonchev–Trinajstić information content (AvgIpc) is 3.70. The van der Waals surface area contributed by atoms with E-state index >= 15 is 0 Å². The molecule has 0 fully saturated rings. The van der Waals surface area contributed by atoms with Gasteiger partial charge in [-0.2, -0.15) is 0 Å². The Balaban J connectivity index is 1.83. The normalized spacial score (nSPS) is 15.4. The van der Waals surface area contributed by atoms with Crippen LogP contribution < -0.4 is 0 Å². The SMILES string of the molecule is CC(C)(C)c1cc2c(cc1C(C)(C)C)[CH]([Hf](=[C](c1ccc(C(F)(F)F)cc1)c1ccc(C(F)(F)F)cc1)[CH]1C=CC=C1)c1cc(C(C)(C)C)c(C(C)(C)C)cc1-2. The van der Waals surface area contributed by atoms with Crippen LogP contribution in [0.4, 0.5) is 26.3 Å². The molecule has 0 aromatic heterocycles. The Morgan fingerprint density at radius 2 is 0.750 bits per heavy atom. The van der Waals surface area contributed by atoms with Crippen LogP contribution in [0.1, 0.15) is 142 Å². The number of rotatable bonds is 4. The van der Waals surface area contributed by atoms with Gasteiger partial charge in [-0.05, 0) is 0 Å². The van der Waals surface area contributed by atoms with Crippen molar-refractivity contribution >= 4 is 3.26 Å². The Morgan fingerprint density at radius 3 is 1.04 bits per heavy atom. The molecule has 0 saturated carbocycles. The van der Waals surface area contributed by atoms with E-state index in [-0.39, 0.29) is 29.0 Å². The summed E-state index contributed by atoms with van der Waals surface area (Å²) in [5.41, 5.74) is 8.88. The van der Waals surface area contributed by atoms with Crippen molar-refractivity contribution in [3.8, 4) is 11.1 Å². The van der Waals surface area contributed by atoms with E-state index in [0.717, 1.165) is 27.5 Å². The fourth-order valence-corrected chi connectivity index (χ4v) is 22.1. The van der Waals surface area contributed by atoms with Gasteiger partial charge in [0.2, 0.25) is 0 Å². The molecule has 4 aromatic carbocycles. The van der Waals surface area contributed by atoms with Gasteiger partial charge in [-0.3, -0.25) is 0 Å². The Bertz CT molecular complexity index is 2080. The van der Waals surface area contributed by atoms with Crippen molar-refractivity contribution in [3.63, 3.8) is 0 Å². The first kappa shape index (κ1) is 42.3. The molecule has 0 radical (unpaired) electrons. The number of hydrogen-bond acceptors (Lipinski definition) is 0. The zero-order valence-corrected chi connectivity index (χ0v) is 38.3. The summed E-state index contributed by atoms with van der Waals surface area (Å²) >= 11 is -3.74. The van der Waals surface area contributed by atoms with E-state index in [1.54, 1.807) is 0 Å². The van der Waals surface area contributed by atoms with Crippen molar-refractivity contribution in [1.82, 2.24) is 0 Å². The topological polar surface area (TPSA) is 0 Å². The Labute approximate surface area is 337 Å². The molecular formula is C49H54F6Hf. The first-order valence-electron chi connectivity index (χ1n) is 19.4. The van der Waals surface area contributed by atoms with E-state index in [1.807, 2.05) is 12.2 Å². The quantitative estimate of drug-likeness (QED) is 0.141. The van der Waals surface area contributed by atoms with Gasteiger partial charge in [-0.25, -0.2) is 0 Å². The van der Waals surface area contributed by atoms with Crippen LogP contribution in [0.25, 0.3) is 11.1 Å². The summed E-state index contributed by atoms with van der Waals surface area (Å²) < 4.78 is 84.6. The van der Waals surface area contributed by atoms with Gasteiger partial charge in [0.15, 0.2) is 0 Å². The van der Waals surface area contributed by atoms with Crippen LogP contribution in [-0.2, 0) is 55.0 Å². The molecule has 0 N–H and O–H groups in total. The minimum atomic E-state index is -4.53. The van der Waals surface area contributed by atoms with Gasteiger partial charge >= 0.3 is 339 Å². The number of halogens is 6. The molecule has 2 aliphatic rings. The third kappa shape index (κ3) is 8.18. The summed E-state index contributed by atoms with van der Waals surface area (Å²) in [6, 6.07) is 20.2. The number of fused-ring (bicyclic) bond motifs is 3. The van der Waals surface area contributed by atoms with Crippen LogP contribution in [-0.4, -0.2) is 3.26 Å². The molecule has 0 aliphatic heterocycles. The molecule has 0 bridgehead atoms. The molecule has 0 atom stereocenters. The Kier molecular flexibility index (Phi) is 10.7. The summed E-state index contributed by atoms with van der Waals surface area (Å²) in [6.07, 6.45) is -0.574. The van der Waals surface area contributed by atoms with Crippen molar-refractivity contribution in [3.05, 3.63) is 153 Å². The van der Waals surface area contributed by atoms with Crippen LogP contribution in [0.5, 0.6) is 0 Å². The zero-order valence-electron chi connectivity index (χ0n) is 34.7. The van der Waals surface area contributed by atoms with Gasteiger partial charge in [0, 0.05) is 0 Å². The fourth-order valence-electron chi connectivity index (χ4n) is 8.46. The van der Waals surface area contributed by atoms with Crippen molar-refractivity contribution in [2.45, 2.75) is 124 Å². The third-order valence-corrected chi connectivity index (χ3v) is 23.8. The summed E-state index contributed by atoms with van der Waals surface area (Å²) in [4.78, 5) is 0. The molecule has 0 saturated heterocycles. The molecule has 0 spiro atoms. The van der Waals surface area contributed by atoms with Crippen molar-refractivity contribution in [2.75, 3.05) is 0 Å². The van der Waals surface area contributed by atoms with Gasteiger partial charge in [0.25, 0.3) is 0 Å². The van der Waals surface area contributed by atoms with Gasteiger partial charge in [0.05, 0.1) is 0 Å². The fraction of sp³-hybridized carbons (Fsp3) is 0.408. The van der Waals surface area contributed by atoms with Crippen molar-refractivity contribution in [2.24, 2.45) is 0 Å². The van der Waals surface area contributed by atoms with E-state index in [4.69, 9.17) is 0 Å². The molecule has 7 heteroatoms. The number of hydrogen-bond donors (Lipinski definition) is 0. The molecule has 0 amide bonds. The van der Waals surface area contributed by atoms with Crippen molar-refractivity contribution in [1.29, 1.82) is 0 Å². The second kappa shape index (κ2) is 14.2. The summed E-state index contributed by atoms with van der Waals surface area (Å²) in [5, 5.41) is 0. The maximum absolute atomic E-state index is 14.0. The molecule has 56 heavy (non-hydrogen) atoms. The maximum atomic E-state index is 14.0. The van der Waals surface area contributed by atoms with Gasteiger partial charge in [-0.1, -0.05) is 0 Å². The second-order valence-corrected chi connectivity index (χ2v) is 29.2. The van der Waals surface area contributed by atoms with Crippen molar-refractivity contribution < 1.29 is 47.3 Å². The third-order valence-electron chi connectivity index (χ3n) is 11.2. The molecule has 0 heterocycles. The monoisotopic (exact) mass is 936 g/mol. The predicted molar refractivity (Wildman–Crippen MR) is 217 cm³/mol. The number of allylic oxidation sites excluding steroid dienone is 4. The van der Waals surface area contributed by atoms with Gasteiger partial charge in [-0.15, -0.1) is 0 Å². The van der Waals surface area contributed by atoms with E-state index in [0.29, 0.717) is 11.1 Å². The number of benzene rings is 4. The molecular weight excluding hydrogens is 881 g/mol. The van der Waals surface area contributed by atoms with Crippen LogP contribution in [0.3, 0.4) is 0 Å². The zero-order chi connectivity index (χ0) is 41.6. The second-order valence-electron chi connectivity index (χ2n) is 19.7. The Morgan fingerprint density at radius 1 is 0.446 bits per heavy atom. The van der Waals surface area contributed by atoms with E-state index in [2.05, 4.69) is 120 Å². The molecule has 2 aliphatic carbocycles. The van der Waals surface area contributed by atoms with Crippen LogP contribution in [0.2, 0.25) is 3.67 Å². The molecule has 0 nitrogen and oxygen atoms in total. The molecule has 6 rings (SSSR count). The summed E-state index contributed by atoms with van der Waals surface area (Å²) in [7, 11) is 0. The summed E-state index contributed by atoms with van der Waals surface area (Å²) in [6.45, 7) is 26.9. The van der Waals surface area contributed by atoms with E-state index < -0.39 is 44.4 Å². The first-order valence-corrected chi connectivity index (χ1v) is 25.4. The van der Waals surface area contributed by atoms with Crippen LogP contribution in [0, 0.1) is 0 Å². The Hall–Kier alpha value is -3.32. The van der Waals surface area contributed by atoms with Crippen LogP contribution >= 0.6 is 0 Å². The van der Waals surface area contributed by atoms with E-state index in [1.165, 1.54) is 68.8 Å².